The van der Waals surface area contributed by atoms with Gasteiger partial charge in [-0.05, 0) is 19.4 Å². The average Bonchev–Trinajstić information content (AvgIpc) is 2.41. The van der Waals surface area contributed by atoms with Gasteiger partial charge < -0.3 is 10.6 Å². The number of halogens is 3. The highest BCUT2D eigenvalue weighted by atomic mass is 19.4. The molecule has 0 radical (unpaired) electrons. The van der Waals surface area contributed by atoms with E-state index in [1.54, 1.807) is 0 Å². The lowest BCUT2D eigenvalue weighted by Crippen LogP contribution is -2.46. The summed E-state index contributed by atoms with van der Waals surface area (Å²) in [6.07, 6.45) is -0.833. The molecule has 0 saturated carbocycles. The SMILES string of the molecule is O=C(NCC(F)(F)F)[C@H]1CCCCCN1. The maximum atomic E-state index is 11.8. The van der Waals surface area contributed by atoms with E-state index in [0.29, 0.717) is 13.0 Å². The van der Waals surface area contributed by atoms with Crippen molar-refractivity contribution < 1.29 is 18.0 Å². The van der Waals surface area contributed by atoms with E-state index in [9.17, 15) is 18.0 Å². The molecule has 1 aliphatic rings. The van der Waals surface area contributed by atoms with Crippen LogP contribution in [-0.4, -0.2) is 31.2 Å². The number of carbonyl (C=O) groups is 1. The van der Waals surface area contributed by atoms with Gasteiger partial charge >= 0.3 is 6.18 Å². The highest BCUT2D eigenvalue weighted by Crippen LogP contribution is 2.13. The summed E-state index contributed by atoms with van der Waals surface area (Å²) < 4.78 is 35.5. The van der Waals surface area contributed by atoms with E-state index >= 15 is 0 Å². The summed E-state index contributed by atoms with van der Waals surface area (Å²) in [4.78, 5) is 11.3. The molecule has 0 spiro atoms. The molecular weight excluding hydrogens is 209 g/mol. The Bertz CT molecular complexity index is 210. The summed E-state index contributed by atoms with van der Waals surface area (Å²) in [5.41, 5.74) is 0. The van der Waals surface area contributed by atoms with E-state index in [-0.39, 0.29) is 0 Å². The summed E-state index contributed by atoms with van der Waals surface area (Å²) in [6.45, 7) is -0.548. The second kappa shape index (κ2) is 5.34. The first-order chi connectivity index (χ1) is 6.99. The Labute approximate surface area is 86.4 Å². The molecule has 0 aromatic carbocycles. The predicted molar refractivity (Wildman–Crippen MR) is 49.3 cm³/mol. The number of rotatable bonds is 2. The van der Waals surface area contributed by atoms with Gasteiger partial charge in [-0.3, -0.25) is 4.79 Å². The monoisotopic (exact) mass is 224 g/mol. The third-order valence-electron chi connectivity index (χ3n) is 2.34. The molecule has 1 aliphatic heterocycles. The second-order valence-corrected chi connectivity index (χ2v) is 3.69. The lowest BCUT2D eigenvalue weighted by Gasteiger charge is -2.16. The van der Waals surface area contributed by atoms with Crippen molar-refractivity contribution in [2.45, 2.75) is 37.9 Å². The molecule has 0 bridgehead atoms. The average molecular weight is 224 g/mol. The fourth-order valence-electron chi connectivity index (χ4n) is 1.56. The summed E-state index contributed by atoms with van der Waals surface area (Å²) in [6, 6.07) is -0.463. The summed E-state index contributed by atoms with van der Waals surface area (Å²) in [5, 5.41) is 4.83. The lowest BCUT2D eigenvalue weighted by molar-refractivity contribution is -0.139. The Morgan fingerprint density at radius 2 is 2.07 bits per heavy atom. The van der Waals surface area contributed by atoms with Crippen LogP contribution >= 0.6 is 0 Å². The van der Waals surface area contributed by atoms with Crippen LogP contribution in [-0.2, 0) is 4.79 Å². The molecule has 0 unspecified atom stereocenters. The van der Waals surface area contributed by atoms with Gasteiger partial charge in [0.2, 0.25) is 5.91 Å². The molecule has 1 saturated heterocycles. The van der Waals surface area contributed by atoms with Crippen LogP contribution in [0.3, 0.4) is 0 Å². The number of carbonyl (C=O) groups excluding carboxylic acids is 1. The van der Waals surface area contributed by atoms with Crippen molar-refractivity contribution in [2.75, 3.05) is 13.1 Å². The van der Waals surface area contributed by atoms with Crippen LogP contribution in [0.2, 0.25) is 0 Å². The van der Waals surface area contributed by atoms with Crippen molar-refractivity contribution in [1.29, 1.82) is 0 Å². The molecule has 0 aromatic rings. The van der Waals surface area contributed by atoms with Crippen LogP contribution in [0.15, 0.2) is 0 Å². The first-order valence-electron chi connectivity index (χ1n) is 5.07. The van der Waals surface area contributed by atoms with Crippen molar-refractivity contribution in [1.82, 2.24) is 10.6 Å². The zero-order valence-corrected chi connectivity index (χ0v) is 8.36. The van der Waals surface area contributed by atoms with Gasteiger partial charge in [0.05, 0.1) is 6.04 Å². The van der Waals surface area contributed by atoms with Crippen molar-refractivity contribution in [3.05, 3.63) is 0 Å². The minimum absolute atomic E-state index is 0.463. The Morgan fingerprint density at radius 1 is 1.33 bits per heavy atom. The Balaban J connectivity index is 2.32. The van der Waals surface area contributed by atoms with Gasteiger partial charge in [-0.15, -0.1) is 0 Å². The van der Waals surface area contributed by atoms with Crippen molar-refractivity contribution >= 4 is 5.91 Å². The van der Waals surface area contributed by atoms with Crippen LogP contribution in [0.1, 0.15) is 25.7 Å². The maximum absolute atomic E-state index is 11.8. The Morgan fingerprint density at radius 3 is 2.73 bits per heavy atom. The molecule has 1 fully saturated rings. The van der Waals surface area contributed by atoms with Crippen molar-refractivity contribution in [2.24, 2.45) is 0 Å². The van der Waals surface area contributed by atoms with Crippen molar-refractivity contribution in [3.8, 4) is 0 Å². The fourth-order valence-corrected chi connectivity index (χ4v) is 1.56. The predicted octanol–water partition coefficient (Wildman–Crippen LogP) is 1.20. The van der Waals surface area contributed by atoms with Crippen LogP contribution < -0.4 is 10.6 Å². The Hall–Kier alpha value is -0.780. The van der Waals surface area contributed by atoms with E-state index in [2.05, 4.69) is 5.32 Å². The second-order valence-electron chi connectivity index (χ2n) is 3.69. The minimum atomic E-state index is -4.33. The van der Waals surface area contributed by atoms with Crippen LogP contribution in [0.25, 0.3) is 0 Å². The zero-order valence-electron chi connectivity index (χ0n) is 8.36. The van der Waals surface area contributed by atoms with Crippen LogP contribution in [0, 0.1) is 0 Å². The smallest absolute Gasteiger partial charge is 0.346 e. The number of hydrogen-bond donors (Lipinski definition) is 2. The van der Waals surface area contributed by atoms with Gasteiger partial charge in [0.25, 0.3) is 0 Å². The molecule has 1 rings (SSSR count). The molecular formula is C9H15F3N2O. The summed E-state index contributed by atoms with van der Waals surface area (Å²) >= 11 is 0. The Kier molecular flexibility index (Phi) is 4.38. The van der Waals surface area contributed by atoms with E-state index in [1.165, 1.54) is 0 Å². The van der Waals surface area contributed by atoms with Gasteiger partial charge in [0.15, 0.2) is 0 Å². The molecule has 0 aliphatic carbocycles. The molecule has 3 nitrogen and oxygen atoms in total. The molecule has 1 heterocycles. The number of amides is 1. The van der Waals surface area contributed by atoms with E-state index < -0.39 is 24.7 Å². The normalized spacial score (nSPS) is 23.3. The van der Waals surface area contributed by atoms with Gasteiger partial charge in [0.1, 0.15) is 6.54 Å². The molecule has 2 N–H and O–H groups in total. The minimum Gasteiger partial charge on any atom is -0.346 e. The van der Waals surface area contributed by atoms with Crippen LogP contribution in [0.4, 0.5) is 13.2 Å². The third kappa shape index (κ3) is 5.01. The molecule has 88 valence electrons. The summed E-state index contributed by atoms with van der Waals surface area (Å²) in [7, 11) is 0. The fraction of sp³-hybridized carbons (Fsp3) is 0.889. The van der Waals surface area contributed by atoms with E-state index in [4.69, 9.17) is 0 Å². The van der Waals surface area contributed by atoms with Crippen molar-refractivity contribution in [3.63, 3.8) is 0 Å². The third-order valence-corrected chi connectivity index (χ3v) is 2.34. The lowest BCUT2D eigenvalue weighted by atomic mass is 10.1. The maximum Gasteiger partial charge on any atom is 0.405 e. The zero-order chi connectivity index (χ0) is 11.3. The first-order valence-corrected chi connectivity index (χ1v) is 5.07. The molecule has 1 amide bonds. The topological polar surface area (TPSA) is 41.1 Å². The highest BCUT2D eigenvalue weighted by molar-refractivity contribution is 5.81. The standard InChI is InChI=1S/C9H15F3N2O/c10-9(11,12)6-14-8(15)7-4-2-1-3-5-13-7/h7,13H,1-6H2,(H,14,15)/t7-/m1/s1. The molecule has 0 aromatic heterocycles. The number of nitrogens with one attached hydrogen (secondary N) is 2. The molecule has 1 atom stereocenters. The van der Waals surface area contributed by atoms with Gasteiger partial charge in [-0.1, -0.05) is 12.8 Å². The number of alkyl halides is 3. The van der Waals surface area contributed by atoms with Gasteiger partial charge in [-0.25, -0.2) is 0 Å². The summed E-state index contributed by atoms with van der Waals surface area (Å²) in [5.74, 6) is -0.547. The van der Waals surface area contributed by atoms with Gasteiger partial charge in [-0.2, -0.15) is 13.2 Å². The first kappa shape index (κ1) is 12.3. The van der Waals surface area contributed by atoms with Gasteiger partial charge in [0, 0.05) is 0 Å². The highest BCUT2D eigenvalue weighted by Gasteiger charge is 2.29. The molecule has 15 heavy (non-hydrogen) atoms. The van der Waals surface area contributed by atoms with Crippen LogP contribution in [0.5, 0.6) is 0 Å². The van der Waals surface area contributed by atoms with E-state index in [0.717, 1.165) is 19.3 Å². The molecule has 6 heteroatoms. The number of hydrogen-bond acceptors (Lipinski definition) is 2. The largest absolute Gasteiger partial charge is 0.405 e. The quantitative estimate of drug-likeness (QED) is 0.740. The van der Waals surface area contributed by atoms with E-state index in [1.807, 2.05) is 5.32 Å².